The maximum Gasteiger partial charge on any atom is 0.197 e. The molecular weight excluding hydrogens is 402 g/mol. The number of benzene rings is 1. The zero-order chi connectivity index (χ0) is 22.2. The normalized spacial score (nSPS) is 16.0. The minimum absolute atomic E-state index is 0. The Kier molecular flexibility index (Phi) is 4.97. The second kappa shape index (κ2) is 7.96. The number of hydrogen-bond donors (Lipinski definition) is 4. The van der Waals surface area contributed by atoms with Crippen molar-refractivity contribution in [2.24, 2.45) is 5.73 Å². The van der Waals surface area contributed by atoms with Crippen LogP contribution in [0.3, 0.4) is 0 Å². The number of nitrogens with one attached hydrogen (secondary N) is 2. The molecule has 0 bridgehead atoms. The van der Waals surface area contributed by atoms with Crippen molar-refractivity contribution in [3.05, 3.63) is 76.8 Å². The fourth-order valence-corrected chi connectivity index (χ4v) is 4.00. The molecule has 1 fully saturated rings. The van der Waals surface area contributed by atoms with Gasteiger partial charge >= 0.3 is 0 Å². The molecule has 1 aliphatic heterocycles. The summed E-state index contributed by atoms with van der Waals surface area (Å²) in [6.07, 6.45) is 7.41. The van der Waals surface area contributed by atoms with Crippen LogP contribution in [-0.4, -0.2) is 28.4 Å². The van der Waals surface area contributed by atoms with E-state index in [1.165, 1.54) is 25.3 Å². The van der Waals surface area contributed by atoms with Crippen LogP contribution in [0.2, 0.25) is 0 Å². The maximum atomic E-state index is 8.79. The molecule has 2 aromatic heterocycles. The Morgan fingerprint density at radius 3 is 2.81 bits per heavy atom. The van der Waals surface area contributed by atoms with E-state index in [1.807, 2.05) is 12.1 Å². The molecule has 1 aliphatic carbocycles. The topological polar surface area (TPSA) is 142 Å². The largest absolute Gasteiger partial charge is 0.445 e. The van der Waals surface area contributed by atoms with E-state index >= 15 is 0 Å². The summed E-state index contributed by atoms with van der Waals surface area (Å²) in [4.78, 5) is 11.4. The lowest BCUT2D eigenvalue weighted by Gasteiger charge is -2.26. The van der Waals surface area contributed by atoms with Crippen molar-refractivity contribution in [2.45, 2.75) is 31.7 Å². The number of anilines is 2. The third-order valence-electron chi connectivity index (χ3n) is 6.02. The second-order valence-electron chi connectivity index (χ2n) is 8.21. The Morgan fingerprint density at radius 1 is 1.22 bits per heavy atom. The van der Waals surface area contributed by atoms with Gasteiger partial charge in [-0.15, -0.1) is 0 Å². The van der Waals surface area contributed by atoms with E-state index in [-0.39, 0.29) is 1.43 Å². The molecule has 0 saturated heterocycles. The standard InChI is InChI=1S/C24H25N7O.H2/c25-11-17(12-26)15-3-4-19(27)18(9-15)23(28)16-5-7-29-22(10-16)31-8-6-21-20(13-31)30-24(32-21)14-1-2-14;/h3-5,7,9-12,14,25,28H,1-2,6,8,13,26-27H2;1H/b17-12+,25-11?,28-23?;. The molecule has 32 heavy (non-hydrogen) atoms. The first-order chi connectivity index (χ1) is 15.6. The lowest BCUT2D eigenvalue weighted by Crippen LogP contribution is -2.30. The summed E-state index contributed by atoms with van der Waals surface area (Å²) >= 11 is 0. The number of rotatable bonds is 6. The number of fused-ring (bicyclic) bond motifs is 1. The van der Waals surface area contributed by atoms with Gasteiger partial charge in [-0.2, -0.15) is 0 Å². The van der Waals surface area contributed by atoms with E-state index in [0.717, 1.165) is 47.3 Å². The first kappa shape index (κ1) is 20.0. The fourth-order valence-electron chi connectivity index (χ4n) is 4.00. The first-order valence-corrected chi connectivity index (χ1v) is 10.7. The Labute approximate surface area is 187 Å². The molecule has 0 spiro atoms. The molecule has 0 unspecified atom stereocenters. The van der Waals surface area contributed by atoms with Crippen molar-refractivity contribution < 1.29 is 5.84 Å². The smallest absolute Gasteiger partial charge is 0.197 e. The van der Waals surface area contributed by atoms with E-state index in [0.29, 0.717) is 35.0 Å². The van der Waals surface area contributed by atoms with Gasteiger partial charge in [0, 0.05) is 61.3 Å². The molecule has 164 valence electrons. The van der Waals surface area contributed by atoms with Gasteiger partial charge in [0.15, 0.2) is 5.89 Å². The summed E-state index contributed by atoms with van der Waals surface area (Å²) in [5.41, 5.74) is 16.2. The van der Waals surface area contributed by atoms with Crippen LogP contribution in [0, 0.1) is 10.8 Å². The third-order valence-corrected chi connectivity index (χ3v) is 6.02. The quantitative estimate of drug-likeness (QED) is 0.348. The highest BCUT2D eigenvalue weighted by Crippen LogP contribution is 2.41. The molecule has 5 rings (SSSR count). The predicted molar refractivity (Wildman–Crippen MR) is 127 cm³/mol. The summed E-state index contributed by atoms with van der Waals surface area (Å²) in [6.45, 7) is 1.44. The Bertz CT molecular complexity index is 1250. The lowest BCUT2D eigenvalue weighted by atomic mass is 9.97. The van der Waals surface area contributed by atoms with Crippen LogP contribution in [-0.2, 0) is 13.0 Å². The highest BCUT2D eigenvalue weighted by Gasteiger charge is 2.32. The van der Waals surface area contributed by atoms with Crippen LogP contribution in [0.4, 0.5) is 11.5 Å². The fraction of sp³-hybridized carbons (Fsp3) is 0.250. The van der Waals surface area contributed by atoms with E-state index in [1.54, 1.807) is 24.4 Å². The highest BCUT2D eigenvalue weighted by atomic mass is 16.4. The Morgan fingerprint density at radius 2 is 2.06 bits per heavy atom. The van der Waals surface area contributed by atoms with Crippen molar-refractivity contribution in [3.63, 3.8) is 0 Å². The zero-order valence-electron chi connectivity index (χ0n) is 17.6. The predicted octanol–water partition coefficient (Wildman–Crippen LogP) is 3.70. The molecule has 1 aromatic carbocycles. The zero-order valence-corrected chi connectivity index (χ0v) is 17.6. The minimum atomic E-state index is 0. The van der Waals surface area contributed by atoms with E-state index in [2.05, 4.69) is 9.88 Å². The molecule has 3 heterocycles. The summed E-state index contributed by atoms with van der Waals surface area (Å²) in [5.74, 6) is 3.17. The van der Waals surface area contributed by atoms with Gasteiger partial charge in [0.2, 0.25) is 0 Å². The number of nitrogen functional groups attached to an aromatic ring is 1. The molecule has 8 nitrogen and oxygen atoms in total. The summed E-state index contributed by atoms with van der Waals surface area (Å²) in [5, 5.41) is 16.3. The molecule has 0 atom stereocenters. The molecule has 3 aromatic rings. The molecular formula is C24H27N7O. The molecule has 8 heteroatoms. The first-order valence-electron chi connectivity index (χ1n) is 10.7. The van der Waals surface area contributed by atoms with E-state index in [4.69, 9.17) is 31.7 Å². The van der Waals surface area contributed by atoms with Crippen LogP contribution in [0.5, 0.6) is 0 Å². The minimum Gasteiger partial charge on any atom is -0.445 e. The summed E-state index contributed by atoms with van der Waals surface area (Å²) < 4.78 is 5.96. The summed E-state index contributed by atoms with van der Waals surface area (Å²) in [7, 11) is 0. The number of aromatic nitrogens is 2. The van der Waals surface area contributed by atoms with Crippen molar-refractivity contribution in [3.8, 4) is 0 Å². The van der Waals surface area contributed by atoms with Crippen molar-refractivity contribution in [2.75, 3.05) is 17.2 Å². The van der Waals surface area contributed by atoms with Crippen molar-refractivity contribution >= 4 is 29.0 Å². The van der Waals surface area contributed by atoms with Gasteiger partial charge < -0.3 is 26.2 Å². The van der Waals surface area contributed by atoms with Crippen LogP contribution in [0.1, 0.15) is 54.2 Å². The molecule has 2 aliphatic rings. The average molecular weight is 430 g/mol. The van der Waals surface area contributed by atoms with Crippen molar-refractivity contribution in [1.29, 1.82) is 10.8 Å². The van der Waals surface area contributed by atoms with Crippen LogP contribution in [0.25, 0.3) is 5.57 Å². The number of hydrogen-bond acceptors (Lipinski definition) is 8. The molecule has 1 saturated carbocycles. The molecule has 6 N–H and O–H groups in total. The second-order valence-corrected chi connectivity index (χ2v) is 8.21. The number of pyridine rings is 1. The van der Waals surface area contributed by atoms with E-state index in [9.17, 15) is 0 Å². The highest BCUT2D eigenvalue weighted by molar-refractivity contribution is 6.15. The van der Waals surface area contributed by atoms with Gasteiger partial charge in [-0.1, -0.05) is 6.07 Å². The Hall–Kier alpha value is -3.94. The van der Waals surface area contributed by atoms with Crippen LogP contribution >= 0.6 is 0 Å². The van der Waals surface area contributed by atoms with Gasteiger partial charge in [-0.25, -0.2) is 9.97 Å². The van der Waals surface area contributed by atoms with Crippen LogP contribution < -0.4 is 16.4 Å². The van der Waals surface area contributed by atoms with Gasteiger partial charge in [-0.05, 0) is 42.7 Å². The number of nitrogens with two attached hydrogens (primary N) is 2. The number of oxazole rings is 1. The Balaban J connectivity index is 0.00000259. The molecule has 0 radical (unpaired) electrons. The maximum absolute atomic E-state index is 8.79. The third kappa shape index (κ3) is 3.64. The monoisotopic (exact) mass is 429 g/mol. The summed E-state index contributed by atoms with van der Waals surface area (Å²) in [6, 6.07) is 9.06. The van der Waals surface area contributed by atoms with Crippen LogP contribution in [0.15, 0.2) is 47.1 Å². The average Bonchev–Trinajstić information content (AvgIpc) is 3.59. The van der Waals surface area contributed by atoms with Crippen molar-refractivity contribution in [1.82, 2.24) is 9.97 Å². The lowest BCUT2D eigenvalue weighted by molar-refractivity contribution is 0.447. The van der Waals surface area contributed by atoms with Gasteiger partial charge in [0.25, 0.3) is 0 Å². The molecule has 0 amide bonds. The van der Waals surface area contributed by atoms with Gasteiger partial charge in [0.05, 0.1) is 12.3 Å². The van der Waals surface area contributed by atoms with Gasteiger partial charge in [-0.3, -0.25) is 5.41 Å². The number of allylic oxidation sites excluding steroid dienone is 1. The van der Waals surface area contributed by atoms with Gasteiger partial charge in [0.1, 0.15) is 17.3 Å². The SMILES string of the molecule is N=C/C(=C\N)c1ccc(N)c(C(=N)c2ccnc(N3CCc4oc(C5CC5)nc4C3)c2)c1.[HH]. The van der Waals surface area contributed by atoms with E-state index < -0.39 is 0 Å². The number of nitrogens with zero attached hydrogens (tertiary/aromatic N) is 3.